The summed E-state index contributed by atoms with van der Waals surface area (Å²) in [6, 6.07) is 14.0. The third-order valence-corrected chi connectivity index (χ3v) is 9.39. The molecule has 1 unspecified atom stereocenters. The second-order valence-electron chi connectivity index (χ2n) is 13.4. The van der Waals surface area contributed by atoms with Gasteiger partial charge in [0, 0.05) is 93.1 Å². The second-order valence-corrected chi connectivity index (χ2v) is 13.8. The Morgan fingerprint density at radius 2 is 1.88 bits per heavy atom. The van der Waals surface area contributed by atoms with Crippen molar-refractivity contribution in [2.24, 2.45) is 10.7 Å². The highest BCUT2D eigenvalue weighted by molar-refractivity contribution is 6.31. The van der Waals surface area contributed by atoms with Crippen molar-refractivity contribution in [3.63, 3.8) is 0 Å². The number of allylic oxidation sites excluding steroid dienone is 2. The van der Waals surface area contributed by atoms with E-state index in [0.29, 0.717) is 24.4 Å². The van der Waals surface area contributed by atoms with Gasteiger partial charge < -0.3 is 15.6 Å². The number of aryl methyl sites for hydroxylation is 1. The number of hydrogen-bond donors (Lipinski definition) is 3. The van der Waals surface area contributed by atoms with Crippen LogP contribution in [-0.2, 0) is 6.54 Å². The van der Waals surface area contributed by atoms with Gasteiger partial charge in [0.1, 0.15) is 5.84 Å². The third kappa shape index (κ3) is 8.75. The van der Waals surface area contributed by atoms with Crippen LogP contribution in [0.1, 0.15) is 82.5 Å². The summed E-state index contributed by atoms with van der Waals surface area (Å²) in [7, 11) is 0. The van der Waals surface area contributed by atoms with E-state index in [-0.39, 0.29) is 17.9 Å². The fourth-order valence-corrected chi connectivity index (χ4v) is 6.50. The van der Waals surface area contributed by atoms with Gasteiger partial charge in [0.25, 0.3) is 0 Å². The van der Waals surface area contributed by atoms with Crippen molar-refractivity contribution in [3.05, 3.63) is 122 Å². The van der Waals surface area contributed by atoms with Crippen molar-refractivity contribution >= 4 is 47.1 Å². The molecule has 0 fully saturated rings. The zero-order valence-corrected chi connectivity index (χ0v) is 31.5. The summed E-state index contributed by atoms with van der Waals surface area (Å²) < 4.78 is 4.10. The molecule has 2 aromatic carbocycles. The van der Waals surface area contributed by atoms with Crippen LogP contribution in [0, 0.1) is 29.1 Å². The van der Waals surface area contributed by atoms with Gasteiger partial charge in [0.05, 0.1) is 23.5 Å². The van der Waals surface area contributed by atoms with E-state index < -0.39 is 0 Å². The molecule has 0 saturated heterocycles. The van der Waals surface area contributed by atoms with Gasteiger partial charge in [-0.3, -0.25) is 10.1 Å². The van der Waals surface area contributed by atoms with Crippen molar-refractivity contribution < 1.29 is 0 Å². The van der Waals surface area contributed by atoms with Crippen molar-refractivity contribution in [2.75, 3.05) is 6.54 Å². The average molecular weight is 710 g/mol. The molecule has 0 radical (unpaired) electrons. The molecular weight excluding hydrogens is 662 g/mol. The quantitative estimate of drug-likeness (QED) is 0.0859. The van der Waals surface area contributed by atoms with Crippen molar-refractivity contribution in [1.82, 2.24) is 19.7 Å². The summed E-state index contributed by atoms with van der Waals surface area (Å²) in [5.74, 6) is 13.6. The van der Waals surface area contributed by atoms with Crippen molar-refractivity contribution in [1.29, 1.82) is 5.41 Å². The Kier molecular flexibility index (Phi) is 12.6. The molecule has 8 heteroatoms. The number of unbranched alkanes of at least 4 members (excludes halogenated alkanes) is 1. The van der Waals surface area contributed by atoms with Crippen LogP contribution in [-0.4, -0.2) is 38.5 Å². The standard InChI is InChI=1S/C44H48ClN7/c1-8-13-41(30(4)25-46)52-32(6)39-16-12-15-35(43(39)33(52)7)14-10-9-11-23-51-28-34(26-49-51)17-18-37-24-42(47)50-44(36-19-21-38(45)22-20-36)40(31(37)5)27-48-29(2)3/h12,15-16,19-22,26-29,41,47-48H,4,6-9,11,13,23-25,46H2,1-3,5H3/b40-27-,47-42?. The van der Waals surface area contributed by atoms with Crippen LogP contribution in [0.4, 0.5) is 0 Å². The average Bonchev–Trinajstić information content (AvgIpc) is 3.65. The van der Waals surface area contributed by atoms with Gasteiger partial charge in [-0.1, -0.05) is 92.6 Å². The molecule has 1 atom stereocenters. The fourth-order valence-electron chi connectivity index (χ4n) is 6.37. The molecule has 7 nitrogen and oxygen atoms in total. The van der Waals surface area contributed by atoms with Crippen LogP contribution < -0.4 is 21.7 Å². The SMILES string of the molecule is C=C(CN)C(CCC)n1c(=C)c2cccc(C#CCCCn3cc(C#CC4=C(C)/C(=C/NC(C)C)C(c5ccc(Cl)cc5)=NC(=N)C4)cn3)c2c1=C. The summed E-state index contributed by atoms with van der Waals surface area (Å²) in [6.45, 7) is 22.6. The lowest BCUT2D eigenvalue weighted by molar-refractivity contribution is 0.504. The first-order valence-electron chi connectivity index (χ1n) is 17.8. The highest BCUT2D eigenvalue weighted by Crippen LogP contribution is 2.27. The first kappa shape index (κ1) is 37.9. The third-order valence-electron chi connectivity index (χ3n) is 9.14. The van der Waals surface area contributed by atoms with Gasteiger partial charge in [-0.15, -0.1) is 0 Å². The predicted molar refractivity (Wildman–Crippen MR) is 219 cm³/mol. The minimum Gasteiger partial charge on any atom is -0.388 e. The molecule has 52 heavy (non-hydrogen) atoms. The molecule has 2 aromatic heterocycles. The highest BCUT2D eigenvalue weighted by Gasteiger charge is 2.21. The van der Waals surface area contributed by atoms with E-state index in [9.17, 15) is 0 Å². The topological polar surface area (TPSA) is 97.0 Å². The molecule has 4 aromatic rings. The maximum atomic E-state index is 8.64. The Morgan fingerprint density at radius 3 is 2.60 bits per heavy atom. The lowest BCUT2D eigenvalue weighted by Crippen LogP contribution is -2.32. The maximum absolute atomic E-state index is 8.64. The number of fused-ring (bicyclic) bond motifs is 1. The Labute approximate surface area is 312 Å². The normalized spacial score (nSPS) is 14.5. The molecule has 5 rings (SSSR count). The number of halogens is 1. The molecule has 0 amide bonds. The molecule has 1 aliphatic heterocycles. The van der Waals surface area contributed by atoms with Crippen LogP contribution in [0.3, 0.4) is 0 Å². The lowest BCUT2D eigenvalue weighted by atomic mass is 9.94. The van der Waals surface area contributed by atoms with Crippen LogP contribution in [0.25, 0.3) is 23.9 Å². The smallest absolute Gasteiger partial charge is 0.126 e. The number of rotatable bonds is 11. The highest BCUT2D eigenvalue weighted by atomic mass is 35.5. The van der Waals surface area contributed by atoms with Gasteiger partial charge in [0.15, 0.2) is 0 Å². The molecule has 3 heterocycles. The first-order valence-corrected chi connectivity index (χ1v) is 18.2. The van der Waals surface area contributed by atoms with E-state index in [4.69, 9.17) is 27.7 Å². The van der Waals surface area contributed by atoms with Crippen LogP contribution in [0.5, 0.6) is 0 Å². The summed E-state index contributed by atoms with van der Waals surface area (Å²) in [5, 5.41) is 21.2. The Balaban J connectivity index is 1.29. The number of benzene rings is 2. The summed E-state index contributed by atoms with van der Waals surface area (Å²) in [5.41, 5.74) is 13.1. The molecule has 0 saturated carbocycles. The van der Waals surface area contributed by atoms with Crippen molar-refractivity contribution in [2.45, 2.75) is 78.4 Å². The van der Waals surface area contributed by atoms with Gasteiger partial charge in [0.2, 0.25) is 0 Å². The number of aliphatic imine (C=N–C) groups is 1. The summed E-state index contributed by atoms with van der Waals surface area (Å²) >= 11 is 6.16. The Hall–Kier alpha value is -5.34. The van der Waals surface area contributed by atoms with Gasteiger partial charge >= 0.3 is 0 Å². The first-order chi connectivity index (χ1) is 25.0. The molecular formula is C44H48ClN7. The van der Waals surface area contributed by atoms with Crippen LogP contribution in [0.15, 0.2) is 94.9 Å². The van der Waals surface area contributed by atoms with E-state index in [1.165, 1.54) is 0 Å². The maximum Gasteiger partial charge on any atom is 0.126 e. The molecule has 0 aliphatic carbocycles. The predicted octanol–water partition coefficient (Wildman–Crippen LogP) is 7.42. The number of amidine groups is 1. The number of aromatic nitrogens is 3. The molecule has 0 bridgehead atoms. The molecule has 266 valence electrons. The number of nitrogens with two attached hydrogens (primary N) is 1. The fraction of sp³-hybridized carbons (Fsp3) is 0.295. The Bertz CT molecular complexity index is 2310. The molecule has 1 aliphatic rings. The Morgan fingerprint density at radius 1 is 1.12 bits per heavy atom. The zero-order chi connectivity index (χ0) is 37.4. The zero-order valence-electron chi connectivity index (χ0n) is 30.7. The van der Waals surface area contributed by atoms with Gasteiger partial charge in [-0.25, -0.2) is 4.99 Å². The van der Waals surface area contributed by atoms with Crippen LogP contribution in [0.2, 0.25) is 5.02 Å². The van der Waals surface area contributed by atoms with E-state index in [2.05, 4.69) is 91.3 Å². The van der Waals surface area contributed by atoms with Crippen LogP contribution >= 0.6 is 11.6 Å². The molecule has 4 N–H and O–H groups in total. The minimum absolute atomic E-state index is 0.0663. The monoisotopic (exact) mass is 709 g/mol. The van der Waals surface area contributed by atoms with Gasteiger partial charge in [-0.05, 0) is 63.0 Å². The number of hydrogen-bond acceptors (Lipinski definition) is 4. The summed E-state index contributed by atoms with van der Waals surface area (Å²) in [4.78, 5) is 4.71. The largest absolute Gasteiger partial charge is 0.388 e. The molecule has 0 spiro atoms. The van der Waals surface area contributed by atoms with E-state index in [1.807, 2.05) is 54.3 Å². The van der Waals surface area contributed by atoms with Crippen molar-refractivity contribution in [3.8, 4) is 23.7 Å². The minimum atomic E-state index is 0.0663. The van der Waals surface area contributed by atoms with E-state index in [1.54, 1.807) is 6.20 Å². The number of nitrogens with one attached hydrogen (secondary N) is 2. The number of nitrogens with zero attached hydrogens (tertiary/aromatic N) is 4. The van der Waals surface area contributed by atoms with E-state index in [0.717, 1.165) is 92.0 Å². The second kappa shape index (κ2) is 17.2. The van der Waals surface area contributed by atoms with Gasteiger partial charge in [-0.2, -0.15) is 5.10 Å². The lowest BCUT2D eigenvalue weighted by Gasteiger charge is -2.21. The summed E-state index contributed by atoms with van der Waals surface area (Å²) in [6.07, 6.45) is 9.56. The van der Waals surface area contributed by atoms with E-state index >= 15 is 0 Å².